The summed E-state index contributed by atoms with van der Waals surface area (Å²) in [6.45, 7) is 1.16. The van der Waals surface area contributed by atoms with Gasteiger partial charge in [-0.25, -0.2) is 0 Å². The quantitative estimate of drug-likeness (QED) is 0.480. The Morgan fingerprint density at radius 2 is 1.96 bits per heavy atom. The van der Waals surface area contributed by atoms with Crippen LogP contribution >= 0.6 is 0 Å². The van der Waals surface area contributed by atoms with Crippen molar-refractivity contribution >= 4 is 23.3 Å². The maximum atomic E-state index is 12.0. The van der Waals surface area contributed by atoms with Crippen LogP contribution in [-0.4, -0.2) is 23.4 Å². The Bertz CT molecular complexity index is 907. The Morgan fingerprint density at radius 1 is 1.19 bits per heavy atom. The molecule has 3 rings (SSSR count). The molecule has 0 saturated heterocycles. The van der Waals surface area contributed by atoms with Crippen molar-refractivity contribution < 1.29 is 19.2 Å². The maximum absolute atomic E-state index is 12.0. The normalized spacial score (nSPS) is 12.3. The fraction of sp³-hybridized carbons (Fsp3) is 0.300. The number of carbonyl (C=O) groups is 2. The number of aryl methyl sites for hydroxylation is 3. The first-order chi connectivity index (χ1) is 12.9. The van der Waals surface area contributed by atoms with Gasteiger partial charge in [-0.05, 0) is 48.4 Å². The SMILES string of the molecule is Cc1cccc([N+](=O)[O-])c1NC(=O)COC(=O)Cc1ccc2c(c1)CCC2. The Labute approximate surface area is 156 Å². The number of fused-ring (bicyclic) bond motifs is 1. The highest BCUT2D eigenvalue weighted by molar-refractivity contribution is 5.95. The van der Waals surface area contributed by atoms with E-state index in [0.29, 0.717) is 5.56 Å². The van der Waals surface area contributed by atoms with Gasteiger partial charge in [0.1, 0.15) is 5.69 Å². The van der Waals surface area contributed by atoms with Crippen LogP contribution in [0.15, 0.2) is 36.4 Å². The lowest BCUT2D eigenvalue weighted by Crippen LogP contribution is -2.22. The second-order valence-electron chi connectivity index (χ2n) is 6.57. The highest BCUT2D eigenvalue weighted by atomic mass is 16.6. The second-order valence-corrected chi connectivity index (χ2v) is 6.57. The fourth-order valence-electron chi connectivity index (χ4n) is 3.24. The van der Waals surface area contributed by atoms with Crippen molar-refractivity contribution in [3.63, 3.8) is 0 Å². The third-order valence-electron chi connectivity index (χ3n) is 4.59. The molecule has 1 amide bonds. The number of rotatable bonds is 6. The zero-order valence-corrected chi connectivity index (χ0v) is 15.0. The van der Waals surface area contributed by atoms with Gasteiger partial charge >= 0.3 is 5.97 Å². The van der Waals surface area contributed by atoms with Crippen molar-refractivity contribution in [3.05, 3.63) is 68.8 Å². The van der Waals surface area contributed by atoms with E-state index in [2.05, 4.69) is 5.32 Å². The summed E-state index contributed by atoms with van der Waals surface area (Å²) in [7, 11) is 0. The summed E-state index contributed by atoms with van der Waals surface area (Å²) < 4.78 is 5.02. The number of nitrogens with one attached hydrogen (secondary N) is 1. The summed E-state index contributed by atoms with van der Waals surface area (Å²) in [5.74, 6) is -1.13. The minimum atomic E-state index is -0.616. The molecule has 7 heteroatoms. The fourth-order valence-corrected chi connectivity index (χ4v) is 3.24. The lowest BCUT2D eigenvalue weighted by atomic mass is 10.0. The number of hydrogen-bond donors (Lipinski definition) is 1. The van der Waals surface area contributed by atoms with Crippen LogP contribution in [0.1, 0.15) is 28.7 Å². The molecule has 0 spiro atoms. The van der Waals surface area contributed by atoms with E-state index in [1.165, 1.54) is 17.2 Å². The number of benzene rings is 2. The Hall–Kier alpha value is -3.22. The first-order valence-corrected chi connectivity index (χ1v) is 8.74. The molecule has 0 saturated carbocycles. The van der Waals surface area contributed by atoms with E-state index in [-0.39, 0.29) is 17.8 Å². The van der Waals surface area contributed by atoms with Crippen molar-refractivity contribution in [1.29, 1.82) is 0 Å². The van der Waals surface area contributed by atoms with Gasteiger partial charge in [0.2, 0.25) is 0 Å². The molecule has 0 aromatic heterocycles. The smallest absolute Gasteiger partial charge is 0.310 e. The minimum absolute atomic E-state index is 0.0884. The average Bonchev–Trinajstić information content (AvgIpc) is 3.09. The molecule has 0 unspecified atom stereocenters. The van der Waals surface area contributed by atoms with E-state index >= 15 is 0 Å². The maximum Gasteiger partial charge on any atom is 0.310 e. The van der Waals surface area contributed by atoms with Gasteiger partial charge in [-0.2, -0.15) is 0 Å². The number of amides is 1. The summed E-state index contributed by atoms with van der Waals surface area (Å²) in [5.41, 5.74) is 3.92. The van der Waals surface area contributed by atoms with Crippen LogP contribution < -0.4 is 5.32 Å². The van der Waals surface area contributed by atoms with Gasteiger partial charge in [0.05, 0.1) is 11.3 Å². The lowest BCUT2D eigenvalue weighted by molar-refractivity contribution is -0.384. The van der Waals surface area contributed by atoms with Crippen LogP contribution in [0.3, 0.4) is 0 Å². The standard InChI is InChI=1S/C20H20N2O5/c1-13-4-2-7-17(22(25)26)20(13)21-18(23)12-27-19(24)11-14-8-9-15-5-3-6-16(15)10-14/h2,4,7-10H,3,5-6,11-12H2,1H3,(H,21,23). The summed E-state index contributed by atoms with van der Waals surface area (Å²) in [4.78, 5) is 34.5. The van der Waals surface area contributed by atoms with Crippen molar-refractivity contribution in [2.45, 2.75) is 32.6 Å². The number of para-hydroxylation sites is 1. The Balaban J connectivity index is 1.55. The molecule has 0 radical (unpaired) electrons. The monoisotopic (exact) mass is 368 g/mol. The third kappa shape index (κ3) is 4.49. The summed E-state index contributed by atoms with van der Waals surface area (Å²) >= 11 is 0. The van der Waals surface area contributed by atoms with Crippen molar-refractivity contribution in [3.8, 4) is 0 Å². The van der Waals surface area contributed by atoms with Crippen molar-refractivity contribution in [1.82, 2.24) is 0 Å². The predicted molar refractivity (Wildman–Crippen MR) is 99.6 cm³/mol. The molecule has 0 heterocycles. The van der Waals surface area contributed by atoms with E-state index < -0.39 is 23.4 Å². The zero-order valence-electron chi connectivity index (χ0n) is 15.0. The highest BCUT2D eigenvalue weighted by Gasteiger charge is 2.19. The van der Waals surface area contributed by atoms with E-state index in [9.17, 15) is 19.7 Å². The van der Waals surface area contributed by atoms with E-state index in [4.69, 9.17) is 4.74 Å². The van der Waals surface area contributed by atoms with Crippen LogP contribution in [0.5, 0.6) is 0 Å². The number of ether oxygens (including phenoxy) is 1. The molecule has 0 atom stereocenters. The highest BCUT2D eigenvalue weighted by Crippen LogP contribution is 2.27. The number of nitrogens with zero attached hydrogens (tertiary/aromatic N) is 1. The molecule has 2 aromatic carbocycles. The molecule has 0 fully saturated rings. The van der Waals surface area contributed by atoms with Gasteiger partial charge in [0.15, 0.2) is 6.61 Å². The van der Waals surface area contributed by atoms with Gasteiger partial charge < -0.3 is 10.1 Å². The number of hydrogen-bond acceptors (Lipinski definition) is 5. The van der Waals surface area contributed by atoms with Crippen LogP contribution in [0.2, 0.25) is 0 Å². The van der Waals surface area contributed by atoms with Crippen LogP contribution in [0.25, 0.3) is 0 Å². The first kappa shape index (κ1) is 18.6. The predicted octanol–water partition coefficient (Wildman–Crippen LogP) is 3.12. The van der Waals surface area contributed by atoms with Gasteiger partial charge in [-0.1, -0.05) is 30.3 Å². The van der Waals surface area contributed by atoms with Crippen LogP contribution in [0, 0.1) is 17.0 Å². The largest absolute Gasteiger partial charge is 0.455 e. The molecule has 140 valence electrons. The Morgan fingerprint density at radius 3 is 2.74 bits per heavy atom. The van der Waals surface area contributed by atoms with Gasteiger partial charge in [-0.15, -0.1) is 0 Å². The lowest BCUT2D eigenvalue weighted by Gasteiger charge is -2.10. The third-order valence-corrected chi connectivity index (χ3v) is 4.59. The molecule has 27 heavy (non-hydrogen) atoms. The van der Waals surface area contributed by atoms with E-state index in [1.54, 1.807) is 19.1 Å². The molecule has 1 aliphatic carbocycles. The topological polar surface area (TPSA) is 98.5 Å². The molecule has 1 aliphatic rings. The van der Waals surface area contributed by atoms with E-state index in [1.807, 2.05) is 18.2 Å². The number of nitro groups is 1. The van der Waals surface area contributed by atoms with E-state index in [0.717, 1.165) is 24.8 Å². The molecule has 0 aliphatic heterocycles. The zero-order chi connectivity index (χ0) is 19.4. The molecule has 2 aromatic rings. The molecule has 0 bridgehead atoms. The van der Waals surface area contributed by atoms with Gasteiger partial charge in [0, 0.05) is 6.07 Å². The van der Waals surface area contributed by atoms with Gasteiger partial charge in [-0.3, -0.25) is 19.7 Å². The molecule has 7 nitrogen and oxygen atoms in total. The molecule has 1 N–H and O–H groups in total. The molecular weight excluding hydrogens is 348 g/mol. The summed E-state index contributed by atoms with van der Waals surface area (Å²) in [6, 6.07) is 10.5. The van der Waals surface area contributed by atoms with Gasteiger partial charge in [0.25, 0.3) is 11.6 Å². The minimum Gasteiger partial charge on any atom is -0.455 e. The van der Waals surface area contributed by atoms with Crippen molar-refractivity contribution in [2.24, 2.45) is 0 Å². The second kappa shape index (κ2) is 7.99. The number of nitro benzene ring substituents is 1. The summed E-state index contributed by atoms with van der Waals surface area (Å²) in [6.07, 6.45) is 3.32. The average molecular weight is 368 g/mol. The first-order valence-electron chi connectivity index (χ1n) is 8.74. The van der Waals surface area contributed by atoms with Crippen LogP contribution in [0.4, 0.5) is 11.4 Å². The number of carbonyl (C=O) groups excluding carboxylic acids is 2. The summed E-state index contributed by atoms with van der Waals surface area (Å²) in [5, 5.41) is 13.5. The number of anilines is 1. The van der Waals surface area contributed by atoms with Crippen molar-refractivity contribution in [2.75, 3.05) is 11.9 Å². The van der Waals surface area contributed by atoms with Crippen LogP contribution in [-0.2, 0) is 33.6 Å². The number of esters is 1. The Kier molecular flexibility index (Phi) is 5.49. The molecular formula is C20H20N2O5.